The third-order valence-corrected chi connectivity index (χ3v) is 4.96. The molecule has 0 radical (unpaired) electrons. The lowest BCUT2D eigenvalue weighted by molar-refractivity contribution is 0.393. The van der Waals surface area contributed by atoms with Crippen molar-refractivity contribution in [1.82, 2.24) is 5.32 Å². The molecule has 0 aliphatic heterocycles. The van der Waals surface area contributed by atoms with Crippen molar-refractivity contribution in [3.8, 4) is 22.6 Å². The minimum atomic E-state index is 0.704. The number of methoxy groups -OCH3 is 2. The molecule has 0 bridgehead atoms. The van der Waals surface area contributed by atoms with E-state index in [-0.39, 0.29) is 0 Å². The van der Waals surface area contributed by atoms with E-state index in [2.05, 4.69) is 16.1 Å². The van der Waals surface area contributed by atoms with Crippen molar-refractivity contribution in [2.24, 2.45) is 0 Å². The Labute approximate surface area is 157 Å². The van der Waals surface area contributed by atoms with Crippen molar-refractivity contribution in [3.05, 3.63) is 58.3 Å². The van der Waals surface area contributed by atoms with E-state index in [0.717, 1.165) is 40.4 Å². The summed E-state index contributed by atoms with van der Waals surface area (Å²) < 4.78 is 10.6. The summed E-state index contributed by atoms with van der Waals surface area (Å²) in [5.41, 5.74) is 17.9. The number of rotatable bonds is 7. The molecule has 0 saturated carbocycles. The smallest absolute Gasteiger partial charge is 0.122 e. The molecule has 26 heavy (non-hydrogen) atoms. The van der Waals surface area contributed by atoms with Crippen molar-refractivity contribution < 1.29 is 9.47 Å². The van der Waals surface area contributed by atoms with Crippen LogP contribution in [-0.2, 0) is 13.1 Å². The molecule has 5 N–H and O–H groups in total. The van der Waals surface area contributed by atoms with Crippen LogP contribution in [-0.4, -0.2) is 14.2 Å². The second-order valence-corrected chi connectivity index (χ2v) is 6.73. The molecule has 136 valence electrons. The van der Waals surface area contributed by atoms with Crippen LogP contribution in [0, 0.1) is 0 Å². The zero-order valence-corrected chi connectivity index (χ0v) is 15.7. The van der Waals surface area contributed by atoms with Crippen molar-refractivity contribution in [2.45, 2.75) is 13.1 Å². The number of benzene rings is 2. The fourth-order valence-corrected chi connectivity index (χ4v) is 3.67. The number of anilines is 2. The number of hydrogen-bond donors (Lipinski definition) is 3. The Kier molecular flexibility index (Phi) is 5.65. The van der Waals surface area contributed by atoms with E-state index in [9.17, 15) is 0 Å². The predicted molar refractivity (Wildman–Crippen MR) is 109 cm³/mol. The molecular formula is C20H23N3O2S. The summed E-state index contributed by atoms with van der Waals surface area (Å²) in [5.74, 6) is 1.56. The van der Waals surface area contributed by atoms with Gasteiger partial charge in [0.15, 0.2) is 0 Å². The topological polar surface area (TPSA) is 82.5 Å². The number of ether oxygens (including phenoxy) is 2. The van der Waals surface area contributed by atoms with Crippen LogP contribution in [0.1, 0.15) is 11.1 Å². The second kappa shape index (κ2) is 8.12. The van der Waals surface area contributed by atoms with Gasteiger partial charge in [0.25, 0.3) is 0 Å². The van der Waals surface area contributed by atoms with E-state index in [1.807, 2.05) is 36.4 Å². The fraction of sp³-hybridized carbons (Fsp3) is 0.200. The number of nitrogens with two attached hydrogens (primary N) is 2. The van der Waals surface area contributed by atoms with E-state index in [1.54, 1.807) is 25.6 Å². The van der Waals surface area contributed by atoms with Gasteiger partial charge in [-0.15, -0.1) is 0 Å². The number of hydrogen-bond acceptors (Lipinski definition) is 6. The molecule has 1 heterocycles. The third kappa shape index (κ3) is 4.09. The van der Waals surface area contributed by atoms with E-state index >= 15 is 0 Å². The highest BCUT2D eigenvalue weighted by molar-refractivity contribution is 7.08. The van der Waals surface area contributed by atoms with Gasteiger partial charge in [-0.05, 0) is 57.8 Å². The first kappa shape index (κ1) is 18.1. The van der Waals surface area contributed by atoms with Crippen LogP contribution < -0.4 is 26.3 Å². The molecule has 0 atom stereocenters. The van der Waals surface area contributed by atoms with Gasteiger partial charge in [-0.2, -0.15) is 11.3 Å². The Balaban J connectivity index is 1.72. The summed E-state index contributed by atoms with van der Waals surface area (Å²) in [7, 11) is 3.30. The molecule has 0 aliphatic rings. The molecule has 6 heteroatoms. The fourth-order valence-electron chi connectivity index (χ4n) is 2.81. The average molecular weight is 369 g/mol. The number of nitrogens with one attached hydrogen (secondary N) is 1. The first-order valence-electron chi connectivity index (χ1n) is 8.24. The molecule has 2 aromatic carbocycles. The normalized spacial score (nSPS) is 10.7. The van der Waals surface area contributed by atoms with Gasteiger partial charge >= 0.3 is 0 Å². The van der Waals surface area contributed by atoms with Gasteiger partial charge in [0, 0.05) is 36.1 Å². The van der Waals surface area contributed by atoms with Crippen LogP contribution in [0.25, 0.3) is 11.1 Å². The lowest BCUT2D eigenvalue weighted by Gasteiger charge is -2.11. The van der Waals surface area contributed by atoms with Gasteiger partial charge in [0.05, 0.1) is 14.2 Å². The molecular weight excluding hydrogens is 346 g/mol. The van der Waals surface area contributed by atoms with E-state index in [1.165, 1.54) is 5.56 Å². The monoisotopic (exact) mass is 369 g/mol. The van der Waals surface area contributed by atoms with E-state index < -0.39 is 0 Å². The molecule has 0 amide bonds. The molecule has 0 aliphatic carbocycles. The lowest BCUT2D eigenvalue weighted by atomic mass is 10.0. The molecule has 0 unspecified atom stereocenters. The van der Waals surface area contributed by atoms with E-state index in [0.29, 0.717) is 12.2 Å². The summed E-state index contributed by atoms with van der Waals surface area (Å²) in [6.45, 7) is 1.43. The Hall–Kier alpha value is -2.70. The van der Waals surface area contributed by atoms with Crippen LogP contribution in [0.5, 0.6) is 11.5 Å². The molecule has 0 saturated heterocycles. The van der Waals surface area contributed by atoms with Crippen LogP contribution in [0.2, 0.25) is 0 Å². The van der Waals surface area contributed by atoms with Crippen LogP contribution in [0.3, 0.4) is 0 Å². The van der Waals surface area contributed by atoms with Crippen molar-refractivity contribution in [2.75, 3.05) is 25.7 Å². The highest BCUT2D eigenvalue weighted by Crippen LogP contribution is 2.33. The van der Waals surface area contributed by atoms with Gasteiger partial charge in [-0.1, -0.05) is 0 Å². The van der Waals surface area contributed by atoms with Gasteiger partial charge in [0.2, 0.25) is 0 Å². The number of thiophene rings is 1. The number of nitrogen functional groups attached to an aromatic ring is 2. The first-order chi connectivity index (χ1) is 12.6. The second-order valence-electron chi connectivity index (χ2n) is 5.98. The highest BCUT2D eigenvalue weighted by Gasteiger charge is 2.10. The molecule has 3 aromatic rings. The standard InChI is InChI=1S/C20H23N3O2S/c1-24-16-5-13(6-17(8-16)25-2)9-23-10-14-11-26-12-19(14)18-7-15(21)3-4-20(18)22/h3-8,11-12,23H,9-10,21-22H2,1-2H3. The summed E-state index contributed by atoms with van der Waals surface area (Å²) in [4.78, 5) is 0. The summed E-state index contributed by atoms with van der Waals surface area (Å²) in [6.07, 6.45) is 0. The SMILES string of the molecule is COc1cc(CNCc2cscc2-c2cc(N)ccc2N)cc(OC)c1. The van der Waals surface area contributed by atoms with Gasteiger partial charge in [-0.3, -0.25) is 0 Å². The van der Waals surface area contributed by atoms with Crippen LogP contribution in [0.4, 0.5) is 11.4 Å². The van der Waals surface area contributed by atoms with Gasteiger partial charge < -0.3 is 26.3 Å². The molecule has 5 nitrogen and oxygen atoms in total. The third-order valence-electron chi connectivity index (χ3n) is 4.17. The quantitative estimate of drug-likeness (QED) is 0.551. The van der Waals surface area contributed by atoms with Crippen molar-refractivity contribution in [3.63, 3.8) is 0 Å². The van der Waals surface area contributed by atoms with Gasteiger partial charge in [0.1, 0.15) is 11.5 Å². The minimum Gasteiger partial charge on any atom is -0.497 e. The zero-order valence-electron chi connectivity index (χ0n) is 14.9. The maximum Gasteiger partial charge on any atom is 0.122 e. The predicted octanol–water partition coefficient (Wildman–Crippen LogP) is 3.89. The Bertz CT molecular complexity index is 870. The van der Waals surface area contributed by atoms with Gasteiger partial charge in [-0.25, -0.2) is 0 Å². The van der Waals surface area contributed by atoms with Crippen LogP contribution in [0.15, 0.2) is 47.2 Å². The summed E-state index contributed by atoms with van der Waals surface area (Å²) >= 11 is 1.66. The molecule has 0 spiro atoms. The zero-order chi connectivity index (χ0) is 18.5. The average Bonchev–Trinajstić information content (AvgIpc) is 3.11. The lowest BCUT2D eigenvalue weighted by Crippen LogP contribution is -2.13. The highest BCUT2D eigenvalue weighted by atomic mass is 32.1. The largest absolute Gasteiger partial charge is 0.497 e. The van der Waals surface area contributed by atoms with Crippen molar-refractivity contribution in [1.29, 1.82) is 0 Å². The summed E-state index contributed by atoms with van der Waals surface area (Å²) in [6, 6.07) is 11.5. The molecule has 1 aromatic heterocycles. The Morgan fingerprint density at radius 2 is 1.62 bits per heavy atom. The maximum absolute atomic E-state index is 6.13. The molecule has 3 rings (SSSR count). The maximum atomic E-state index is 6.13. The minimum absolute atomic E-state index is 0.704. The summed E-state index contributed by atoms with van der Waals surface area (Å²) in [5, 5.41) is 7.72. The first-order valence-corrected chi connectivity index (χ1v) is 9.18. The molecule has 0 fully saturated rings. The Morgan fingerprint density at radius 1 is 0.885 bits per heavy atom. The van der Waals surface area contributed by atoms with Crippen LogP contribution >= 0.6 is 11.3 Å². The van der Waals surface area contributed by atoms with Crippen molar-refractivity contribution >= 4 is 22.7 Å². The van der Waals surface area contributed by atoms with E-state index in [4.69, 9.17) is 20.9 Å². The Morgan fingerprint density at radius 3 is 2.31 bits per heavy atom.